The first-order chi connectivity index (χ1) is 17.8. The number of aromatic nitrogens is 2. The van der Waals surface area contributed by atoms with E-state index >= 15 is 0 Å². The monoisotopic (exact) mass is 516 g/mol. The van der Waals surface area contributed by atoms with Crippen LogP contribution >= 0.6 is 11.6 Å². The normalized spacial score (nSPS) is 16.6. The molecule has 0 saturated carbocycles. The smallest absolute Gasteiger partial charge is 0.349 e. The van der Waals surface area contributed by atoms with Gasteiger partial charge in [-0.2, -0.15) is 10.5 Å². The van der Waals surface area contributed by atoms with Gasteiger partial charge in [0.15, 0.2) is 5.75 Å². The fourth-order valence-corrected chi connectivity index (χ4v) is 4.41. The van der Waals surface area contributed by atoms with Crippen LogP contribution in [0.25, 0.3) is 11.1 Å². The topological polar surface area (TPSA) is 138 Å². The molecule has 1 atom stereocenters. The Morgan fingerprint density at radius 1 is 1.19 bits per heavy atom. The molecule has 0 saturated heterocycles. The fourth-order valence-electron chi connectivity index (χ4n) is 4.24. The Bertz CT molecular complexity index is 1510. The molecule has 0 spiro atoms. The van der Waals surface area contributed by atoms with Crippen LogP contribution in [0.15, 0.2) is 48.2 Å². The van der Waals surface area contributed by atoms with E-state index in [1.807, 2.05) is 11.5 Å². The average molecular weight is 517 g/mol. The summed E-state index contributed by atoms with van der Waals surface area (Å²) in [5.74, 6) is -1.64. The van der Waals surface area contributed by atoms with Gasteiger partial charge in [-0.25, -0.2) is 14.6 Å². The molecule has 4 rings (SSSR count). The second-order valence-corrected chi connectivity index (χ2v) is 8.65. The van der Waals surface area contributed by atoms with Crippen molar-refractivity contribution >= 4 is 23.5 Å². The third-order valence-electron chi connectivity index (χ3n) is 6.03. The Balaban J connectivity index is 1.98. The van der Waals surface area contributed by atoms with Crippen molar-refractivity contribution in [2.45, 2.75) is 39.5 Å². The van der Waals surface area contributed by atoms with Crippen LogP contribution in [-0.2, 0) is 27.5 Å². The van der Waals surface area contributed by atoms with E-state index in [-0.39, 0.29) is 24.1 Å². The lowest BCUT2D eigenvalue weighted by Gasteiger charge is -2.20. The lowest BCUT2D eigenvalue weighted by atomic mass is 10.0. The zero-order chi connectivity index (χ0) is 26.7. The third-order valence-corrected chi connectivity index (χ3v) is 6.37. The molecule has 186 valence electrons. The molecule has 2 aromatic heterocycles. The zero-order valence-corrected chi connectivity index (χ0v) is 20.7. The van der Waals surface area contributed by atoms with Crippen LogP contribution in [0.1, 0.15) is 47.5 Å². The summed E-state index contributed by atoms with van der Waals surface area (Å²) in [4.78, 5) is 29.6. The van der Waals surface area contributed by atoms with Crippen LogP contribution in [0.3, 0.4) is 0 Å². The predicted molar refractivity (Wildman–Crippen MR) is 132 cm³/mol. The lowest BCUT2D eigenvalue weighted by Crippen LogP contribution is -2.17. The van der Waals surface area contributed by atoms with Crippen molar-refractivity contribution in [2.24, 2.45) is 0 Å². The van der Waals surface area contributed by atoms with Crippen LogP contribution in [0, 0.1) is 29.6 Å². The Hall–Kier alpha value is -4.44. The number of halogens is 1. The number of carbonyl (C=O) groups excluding carboxylic acids is 2. The molecule has 10 heteroatoms. The van der Waals surface area contributed by atoms with E-state index in [2.05, 4.69) is 11.1 Å². The molecule has 0 amide bonds. The molecule has 3 heterocycles. The van der Waals surface area contributed by atoms with Gasteiger partial charge in [0.2, 0.25) is 0 Å². The first-order valence-electron chi connectivity index (χ1n) is 11.3. The summed E-state index contributed by atoms with van der Waals surface area (Å²) >= 11 is 6.07. The van der Waals surface area contributed by atoms with Crippen LogP contribution < -0.4 is 4.74 Å². The van der Waals surface area contributed by atoms with Gasteiger partial charge in [-0.1, -0.05) is 30.7 Å². The molecule has 37 heavy (non-hydrogen) atoms. The van der Waals surface area contributed by atoms with Crippen LogP contribution in [-0.4, -0.2) is 26.6 Å². The Morgan fingerprint density at radius 3 is 2.54 bits per heavy atom. The number of pyridine rings is 1. The van der Waals surface area contributed by atoms with E-state index in [4.69, 9.17) is 21.1 Å². The molecular formula is C27H21ClN4O5. The second-order valence-electron chi connectivity index (χ2n) is 8.29. The summed E-state index contributed by atoms with van der Waals surface area (Å²) in [7, 11) is 0. The maximum atomic E-state index is 12.8. The van der Waals surface area contributed by atoms with Gasteiger partial charge in [0.25, 0.3) is 0 Å². The van der Waals surface area contributed by atoms with E-state index in [1.165, 1.54) is 0 Å². The largest absolute Gasteiger partial charge is 0.452 e. The number of rotatable bonds is 5. The highest BCUT2D eigenvalue weighted by Crippen LogP contribution is 2.44. The average Bonchev–Trinajstić information content (AvgIpc) is 3.18. The molecule has 0 radical (unpaired) electrons. The standard InChI is InChI=1S/C27H21ClN4O5/c1-3-21-24-25(37-22(34)9-19(11-30)27(35)36-21)23(18-6-4-16(10-29)5-7-18)15(2)32(24)13-17-8-20(14-33)26(28)31-12-17/h4-9,12,21,33H,3,13-14H2,1-2H3/b19-9-. The van der Waals surface area contributed by atoms with Gasteiger partial charge in [-0.15, -0.1) is 0 Å². The van der Waals surface area contributed by atoms with Crippen LogP contribution in [0.4, 0.5) is 0 Å². The SMILES string of the molecule is CCC1OC(=O)/C(C#N)=C\C(=O)Oc2c(-c3ccc(C#N)cc3)c(C)n(Cc3cnc(Cl)c(CO)c3)c21. The summed E-state index contributed by atoms with van der Waals surface area (Å²) in [6, 6.07) is 12.3. The molecular weight excluding hydrogens is 496 g/mol. The number of ether oxygens (including phenoxy) is 2. The first kappa shape index (κ1) is 25.6. The molecule has 1 N–H and O–H groups in total. The summed E-state index contributed by atoms with van der Waals surface area (Å²) in [5.41, 5.74) is 3.51. The van der Waals surface area contributed by atoms with Crippen molar-refractivity contribution in [1.82, 2.24) is 9.55 Å². The van der Waals surface area contributed by atoms with E-state index < -0.39 is 23.6 Å². The van der Waals surface area contributed by atoms with Gasteiger partial charge in [0, 0.05) is 35.6 Å². The predicted octanol–water partition coefficient (Wildman–Crippen LogP) is 4.29. The van der Waals surface area contributed by atoms with Crippen molar-refractivity contribution in [3.05, 3.63) is 81.4 Å². The Kier molecular flexibility index (Phi) is 7.40. The van der Waals surface area contributed by atoms with Gasteiger partial charge >= 0.3 is 11.9 Å². The van der Waals surface area contributed by atoms with E-state index in [0.29, 0.717) is 45.6 Å². The molecule has 1 aliphatic rings. The second kappa shape index (κ2) is 10.7. The van der Waals surface area contributed by atoms with Crippen molar-refractivity contribution in [1.29, 1.82) is 10.5 Å². The van der Waals surface area contributed by atoms with Crippen molar-refractivity contribution in [3.8, 4) is 29.0 Å². The van der Waals surface area contributed by atoms with Gasteiger partial charge in [-0.05, 0) is 42.7 Å². The van der Waals surface area contributed by atoms with Gasteiger partial charge in [0.1, 0.15) is 28.6 Å². The maximum absolute atomic E-state index is 12.8. The molecule has 3 aromatic rings. The highest BCUT2D eigenvalue weighted by atomic mass is 35.5. The molecule has 9 nitrogen and oxygen atoms in total. The number of nitrogens with zero attached hydrogens (tertiary/aromatic N) is 4. The van der Waals surface area contributed by atoms with E-state index in [9.17, 15) is 25.2 Å². The van der Waals surface area contributed by atoms with Crippen molar-refractivity contribution in [2.75, 3.05) is 0 Å². The number of nitriles is 2. The van der Waals surface area contributed by atoms with Crippen molar-refractivity contribution in [3.63, 3.8) is 0 Å². The zero-order valence-electron chi connectivity index (χ0n) is 20.0. The number of hydrogen-bond acceptors (Lipinski definition) is 8. The third kappa shape index (κ3) is 4.96. The van der Waals surface area contributed by atoms with Gasteiger partial charge in [-0.3, -0.25) is 0 Å². The van der Waals surface area contributed by atoms with Crippen LogP contribution in [0.2, 0.25) is 5.15 Å². The first-order valence-corrected chi connectivity index (χ1v) is 11.7. The van der Waals surface area contributed by atoms with E-state index in [0.717, 1.165) is 6.08 Å². The number of aliphatic hydroxyl groups is 1. The number of benzene rings is 1. The quantitative estimate of drug-likeness (QED) is 0.391. The minimum atomic E-state index is -0.930. The number of hydrogen-bond donors (Lipinski definition) is 1. The minimum Gasteiger partial charge on any atom is -0.452 e. The van der Waals surface area contributed by atoms with Crippen LogP contribution in [0.5, 0.6) is 5.75 Å². The Labute approximate surface area is 217 Å². The highest BCUT2D eigenvalue weighted by Gasteiger charge is 2.33. The van der Waals surface area contributed by atoms with Gasteiger partial charge < -0.3 is 19.1 Å². The number of carbonyl (C=O) groups is 2. The molecule has 0 aliphatic carbocycles. The molecule has 1 aliphatic heterocycles. The highest BCUT2D eigenvalue weighted by molar-refractivity contribution is 6.30. The van der Waals surface area contributed by atoms with E-state index in [1.54, 1.807) is 49.5 Å². The lowest BCUT2D eigenvalue weighted by molar-refractivity contribution is -0.144. The maximum Gasteiger partial charge on any atom is 0.349 e. The summed E-state index contributed by atoms with van der Waals surface area (Å²) < 4.78 is 13.3. The number of cyclic esters (lactones) is 1. The summed E-state index contributed by atoms with van der Waals surface area (Å²) in [5, 5.41) is 28.4. The fraction of sp³-hybridized carbons (Fsp3) is 0.222. The molecule has 1 unspecified atom stereocenters. The summed E-state index contributed by atoms with van der Waals surface area (Å²) in [6.45, 7) is 3.57. The van der Waals surface area contributed by atoms with Gasteiger partial charge in [0.05, 0.1) is 18.2 Å². The minimum absolute atomic E-state index is 0.185. The van der Waals surface area contributed by atoms with Crippen molar-refractivity contribution < 1.29 is 24.2 Å². The molecule has 0 fully saturated rings. The molecule has 0 bridgehead atoms. The Morgan fingerprint density at radius 2 is 1.92 bits per heavy atom. The summed E-state index contributed by atoms with van der Waals surface area (Å²) in [6.07, 6.45) is 1.86. The molecule has 1 aromatic carbocycles. The number of aliphatic hydroxyl groups excluding tert-OH is 1. The number of fused-ring (bicyclic) bond motifs is 1. The number of esters is 2.